The largest absolute Gasteiger partial charge is 0.312 e. The second-order valence-corrected chi connectivity index (χ2v) is 8.02. The van der Waals surface area contributed by atoms with Gasteiger partial charge >= 0.3 is 0 Å². The van der Waals surface area contributed by atoms with E-state index in [0.29, 0.717) is 11.8 Å². The molecule has 1 aliphatic carbocycles. The van der Waals surface area contributed by atoms with E-state index in [4.69, 9.17) is 11.6 Å². The highest BCUT2D eigenvalue weighted by molar-refractivity contribution is 6.31. The van der Waals surface area contributed by atoms with Crippen molar-refractivity contribution in [2.24, 2.45) is 11.8 Å². The maximum Gasteiger partial charge on any atom is 0.0820 e. The SMILES string of the molecule is CCn1ncc(Cl)c1C1CC(C)CCC1CNC(C)(C)C. The van der Waals surface area contributed by atoms with Crippen molar-refractivity contribution in [2.45, 2.75) is 71.9 Å². The fourth-order valence-electron chi connectivity index (χ4n) is 3.45. The van der Waals surface area contributed by atoms with Crippen molar-refractivity contribution in [1.29, 1.82) is 0 Å². The molecule has 0 aliphatic heterocycles. The predicted octanol–water partition coefficient (Wildman–Crippen LogP) is 4.46. The first-order chi connectivity index (χ1) is 9.81. The summed E-state index contributed by atoms with van der Waals surface area (Å²) in [6.07, 6.45) is 5.64. The quantitative estimate of drug-likeness (QED) is 0.889. The summed E-state index contributed by atoms with van der Waals surface area (Å²) >= 11 is 6.46. The number of halogens is 1. The summed E-state index contributed by atoms with van der Waals surface area (Å²) in [6, 6.07) is 0. The molecule has 0 amide bonds. The second kappa shape index (κ2) is 6.70. The molecule has 1 N–H and O–H groups in total. The van der Waals surface area contributed by atoms with Crippen LogP contribution in [-0.4, -0.2) is 21.9 Å². The van der Waals surface area contributed by atoms with Crippen molar-refractivity contribution in [3.8, 4) is 0 Å². The Morgan fingerprint density at radius 3 is 2.71 bits per heavy atom. The van der Waals surface area contributed by atoms with E-state index in [9.17, 15) is 0 Å². The first kappa shape index (κ1) is 16.8. The van der Waals surface area contributed by atoms with Crippen LogP contribution in [0.25, 0.3) is 0 Å². The van der Waals surface area contributed by atoms with Crippen molar-refractivity contribution in [1.82, 2.24) is 15.1 Å². The lowest BCUT2D eigenvalue weighted by molar-refractivity contribution is 0.219. The summed E-state index contributed by atoms with van der Waals surface area (Å²) in [5.74, 6) is 1.95. The normalized spacial score (nSPS) is 27.0. The van der Waals surface area contributed by atoms with E-state index in [0.717, 1.165) is 24.0 Å². The van der Waals surface area contributed by atoms with Gasteiger partial charge < -0.3 is 5.32 Å². The second-order valence-electron chi connectivity index (χ2n) is 7.61. The molecule has 1 aromatic rings. The van der Waals surface area contributed by atoms with Gasteiger partial charge in [-0.05, 0) is 58.9 Å². The number of nitrogens with zero attached hydrogens (tertiary/aromatic N) is 2. The Hall–Kier alpha value is -0.540. The molecule has 3 nitrogen and oxygen atoms in total. The molecule has 1 saturated carbocycles. The van der Waals surface area contributed by atoms with Crippen molar-refractivity contribution >= 4 is 11.6 Å². The molecule has 4 heteroatoms. The molecule has 0 saturated heterocycles. The van der Waals surface area contributed by atoms with Gasteiger partial charge in [0.2, 0.25) is 0 Å². The van der Waals surface area contributed by atoms with Gasteiger partial charge in [0.25, 0.3) is 0 Å². The highest BCUT2D eigenvalue weighted by Crippen LogP contribution is 2.42. The lowest BCUT2D eigenvalue weighted by Gasteiger charge is -2.37. The third kappa shape index (κ3) is 4.23. The van der Waals surface area contributed by atoms with Gasteiger partial charge in [0.15, 0.2) is 0 Å². The molecule has 1 heterocycles. The maximum absolute atomic E-state index is 6.46. The third-order valence-electron chi connectivity index (χ3n) is 4.63. The Balaban J connectivity index is 2.20. The summed E-state index contributed by atoms with van der Waals surface area (Å²) < 4.78 is 2.09. The first-order valence-corrected chi connectivity index (χ1v) is 8.65. The van der Waals surface area contributed by atoms with E-state index in [1.165, 1.54) is 25.0 Å². The molecule has 2 rings (SSSR count). The number of aryl methyl sites for hydroxylation is 1. The Labute approximate surface area is 134 Å². The minimum atomic E-state index is 0.169. The zero-order chi connectivity index (χ0) is 15.6. The van der Waals surface area contributed by atoms with Crippen LogP contribution in [0, 0.1) is 11.8 Å². The standard InChI is InChI=1S/C17H30ClN3/c1-6-21-16(15(18)11-20-21)14-9-12(2)7-8-13(14)10-19-17(3,4)5/h11-14,19H,6-10H2,1-5H3. The molecule has 120 valence electrons. The zero-order valence-electron chi connectivity index (χ0n) is 14.1. The lowest BCUT2D eigenvalue weighted by Crippen LogP contribution is -2.42. The van der Waals surface area contributed by atoms with Gasteiger partial charge in [-0.2, -0.15) is 5.10 Å². The molecular weight excluding hydrogens is 282 g/mol. The lowest BCUT2D eigenvalue weighted by atomic mass is 9.73. The monoisotopic (exact) mass is 311 g/mol. The molecule has 3 atom stereocenters. The van der Waals surface area contributed by atoms with Crippen molar-refractivity contribution in [2.75, 3.05) is 6.54 Å². The Bertz CT molecular complexity index is 461. The third-order valence-corrected chi connectivity index (χ3v) is 4.93. The van der Waals surface area contributed by atoms with E-state index < -0.39 is 0 Å². The fourth-order valence-corrected chi connectivity index (χ4v) is 3.73. The topological polar surface area (TPSA) is 29.9 Å². The van der Waals surface area contributed by atoms with E-state index >= 15 is 0 Å². The highest BCUT2D eigenvalue weighted by Gasteiger charge is 2.33. The van der Waals surface area contributed by atoms with Crippen LogP contribution in [0.3, 0.4) is 0 Å². The van der Waals surface area contributed by atoms with Crippen LogP contribution in [0.4, 0.5) is 0 Å². The fraction of sp³-hybridized carbons (Fsp3) is 0.824. The number of nitrogens with one attached hydrogen (secondary N) is 1. The molecule has 0 spiro atoms. The average molecular weight is 312 g/mol. The van der Waals surface area contributed by atoms with Gasteiger partial charge in [0.1, 0.15) is 0 Å². The molecule has 21 heavy (non-hydrogen) atoms. The predicted molar refractivity (Wildman–Crippen MR) is 89.9 cm³/mol. The van der Waals surface area contributed by atoms with E-state index in [1.54, 1.807) is 0 Å². The van der Waals surface area contributed by atoms with Gasteiger partial charge in [0, 0.05) is 18.0 Å². The van der Waals surface area contributed by atoms with Gasteiger partial charge in [-0.25, -0.2) is 0 Å². The van der Waals surface area contributed by atoms with E-state index in [1.807, 2.05) is 6.20 Å². The molecular formula is C17H30ClN3. The van der Waals surface area contributed by atoms with Crippen LogP contribution in [0.15, 0.2) is 6.20 Å². The van der Waals surface area contributed by atoms with Crippen LogP contribution >= 0.6 is 11.6 Å². The minimum absolute atomic E-state index is 0.169. The van der Waals surface area contributed by atoms with Gasteiger partial charge in [-0.1, -0.05) is 24.9 Å². The smallest absolute Gasteiger partial charge is 0.0820 e. The first-order valence-electron chi connectivity index (χ1n) is 8.28. The van der Waals surface area contributed by atoms with Gasteiger partial charge in [-0.15, -0.1) is 0 Å². The van der Waals surface area contributed by atoms with Crippen molar-refractivity contribution in [3.63, 3.8) is 0 Å². The number of aromatic nitrogens is 2. The van der Waals surface area contributed by atoms with E-state index in [2.05, 4.69) is 49.7 Å². The zero-order valence-corrected chi connectivity index (χ0v) is 14.9. The number of hydrogen-bond donors (Lipinski definition) is 1. The molecule has 1 aliphatic rings. The molecule has 1 aromatic heterocycles. The minimum Gasteiger partial charge on any atom is -0.312 e. The molecule has 0 bridgehead atoms. The summed E-state index contributed by atoms with van der Waals surface area (Å²) in [4.78, 5) is 0. The summed E-state index contributed by atoms with van der Waals surface area (Å²) in [5.41, 5.74) is 1.43. The number of hydrogen-bond acceptors (Lipinski definition) is 2. The Morgan fingerprint density at radius 1 is 1.38 bits per heavy atom. The molecule has 0 aromatic carbocycles. The van der Waals surface area contributed by atoms with Gasteiger partial charge in [0.05, 0.1) is 16.9 Å². The highest BCUT2D eigenvalue weighted by atomic mass is 35.5. The Morgan fingerprint density at radius 2 is 2.10 bits per heavy atom. The average Bonchev–Trinajstić information content (AvgIpc) is 2.77. The summed E-state index contributed by atoms with van der Waals surface area (Å²) in [5, 5.41) is 8.97. The van der Waals surface area contributed by atoms with Crippen molar-refractivity contribution < 1.29 is 0 Å². The van der Waals surface area contributed by atoms with Crippen molar-refractivity contribution in [3.05, 3.63) is 16.9 Å². The van der Waals surface area contributed by atoms with Gasteiger partial charge in [-0.3, -0.25) is 4.68 Å². The van der Waals surface area contributed by atoms with Crippen LogP contribution in [0.2, 0.25) is 5.02 Å². The van der Waals surface area contributed by atoms with E-state index in [-0.39, 0.29) is 5.54 Å². The van der Waals surface area contributed by atoms with Crippen LogP contribution < -0.4 is 5.32 Å². The summed E-state index contributed by atoms with van der Waals surface area (Å²) in [6.45, 7) is 13.2. The Kier molecular flexibility index (Phi) is 5.37. The molecule has 0 radical (unpaired) electrons. The molecule has 3 unspecified atom stereocenters. The van der Waals surface area contributed by atoms with Crippen LogP contribution in [0.1, 0.15) is 65.5 Å². The summed E-state index contributed by atoms with van der Waals surface area (Å²) in [7, 11) is 0. The van der Waals surface area contributed by atoms with Crippen LogP contribution in [0.5, 0.6) is 0 Å². The number of rotatable bonds is 4. The maximum atomic E-state index is 6.46. The van der Waals surface area contributed by atoms with Crippen LogP contribution in [-0.2, 0) is 6.54 Å². The molecule has 1 fully saturated rings.